The molecule has 1 amide bonds. The topological polar surface area (TPSA) is 166 Å². The van der Waals surface area contributed by atoms with Crippen molar-refractivity contribution in [3.8, 4) is 0 Å². The van der Waals surface area contributed by atoms with Gasteiger partial charge in [-0.15, -0.1) is 18.2 Å². The first-order valence-corrected chi connectivity index (χ1v) is 21.2. The van der Waals surface area contributed by atoms with E-state index in [-0.39, 0.29) is 60.6 Å². The van der Waals surface area contributed by atoms with Crippen LogP contribution in [0.25, 0.3) is 0 Å². The number of carbonyl (C=O) groups is 5. The van der Waals surface area contributed by atoms with Crippen LogP contribution in [0.1, 0.15) is 105 Å². The third-order valence-corrected chi connectivity index (χ3v) is 13.3. The molecule has 2 saturated heterocycles. The van der Waals surface area contributed by atoms with E-state index in [1.807, 2.05) is 26.0 Å². The van der Waals surface area contributed by atoms with Crippen molar-refractivity contribution in [2.45, 2.75) is 153 Å². The summed E-state index contributed by atoms with van der Waals surface area (Å²) in [5.74, 6) is -7.76. The minimum Gasteiger partial charge on any atom is -0.456 e. The quantitative estimate of drug-likeness (QED) is 0.107. The van der Waals surface area contributed by atoms with Gasteiger partial charge >= 0.3 is 5.97 Å². The van der Waals surface area contributed by atoms with Crippen LogP contribution in [0, 0.1) is 35.5 Å². The fraction of sp³-hybridized carbons (Fsp3) is 0.750. The van der Waals surface area contributed by atoms with Crippen molar-refractivity contribution in [1.82, 2.24) is 4.90 Å². The van der Waals surface area contributed by atoms with Crippen LogP contribution >= 0.6 is 11.6 Å². The zero-order chi connectivity index (χ0) is 42.2. The summed E-state index contributed by atoms with van der Waals surface area (Å²) in [6.45, 7) is 13.1. The molecule has 13 heteroatoms. The number of nitrogens with zero attached hydrogens (tertiary/aromatic N) is 1. The molecule has 0 spiro atoms. The van der Waals surface area contributed by atoms with Crippen LogP contribution in [0.2, 0.25) is 0 Å². The number of hydrogen-bond donors (Lipinski definition) is 2. The maximum Gasteiger partial charge on any atom is 0.329 e. The number of methoxy groups -OCH3 is 2. The van der Waals surface area contributed by atoms with Crippen LogP contribution in [0.4, 0.5) is 0 Å². The number of ether oxygens (including phenoxy) is 4. The number of aldehydes is 1. The molecule has 1 unspecified atom stereocenters. The first-order chi connectivity index (χ1) is 27.0. The summed E-state index contributed by atoms with van der Waals surface area (Å²) < 4.78 is 24.2. The van der Waals surface area contributed by atoms with Gasteiger partial charge in [0.1, 0.15) is 24.5 Å². The summed E-state index contributed by atoms with van der Waals surface area (Å²) in [6, 6.07) is -1.15. The van der Waals surface area contributed by atoms with Gasteiger partial charge in [-0.05, 0) is 100 Å². The van der Waals surface area contributed by atoms with Crippen LogP contribution in [0.3, 0.4) is 0 Å². The van der Waals surface area contributed by atoms with Crippen molar-refractivity contribution in [2.75, 3.05) is 20.8 Å². The van der Waals surface area contributed by atoms with E-state index in [4.69, 9.17) is 30.5 Å². The van der Waals surface area contributed by atoms with E-state index in [1.54, 1.807) is 26.8 Å². The van der Waals surface area contributed by atoms with Gasteiger partial charge in [-0.2, -0.15) is 0 Å². The van der Waals surface area contributed by atoms with Crippen molar-refractivity contribution in [2.24, 2.45) is 35.5 Å². The van der Waals surface area contributed by atoms with E-state index in [0.29, 0.717) is 62.5 Å². The molecule has 57 heavy (non-hydrogen) atoms. The average molecular weight is 820 g/mol. The van der Waals surface area contributed by atoms with Crippen LogP contribution in [0.15, 0.2) is 36.0 Å². The molecule has 0 radical (unpaired) electrons. The fourth-order valence-electron chi connectivity index (χ4n) is 9.39. The highest BCUT2D eigenvalue weighted by atomic mass is 35.5. The van der Waals surface area contributed by atoms with Crippen molar-refractivity contribution < 1.29 is 53.1 Å². The minimum absolute atomic E-state index is 0.0287. The molecule has 1 saturated carbocycles. The number of alkyl halides is 1. The van der Waals surface area contributed by atoms with Crippen LogP contribution < -0.4 is 0 Å². The molecule has 0 aromatic rings. The largest absolute Gasteiger partial charge is 0.456 e. The third-order valence-electron chi connectivity index (χ3n) is 12.8. The van der Waals surface area contributed by atoms with Crippen molar-refractivity contribution in [1.29, 1.82) is 0 Å². The standard InChI is InChI=1S/C44H66ClNO11/c1-9-12-31-18-25(2)17-26(3)19-37(54-7)40-38(55-8)21-28(5)44(53,57-40)41(50)42(51)46-16-11-10-13-34(46)43(52)56-39(29(6)35(48)23-36(31)49)27(4)20-30-14-15-33(45)32(22-30)24-47/h9,18,20,24-26,28-30,32-35,37-40,48,53H,1,10-17,19,21-23H2,2-8H3/t25?,26-,28+,29+,30-,32-,33+,34-,35-,37-,38-,39+,40+,44+/m0/s1. The Bertz CT molecular complexity index is 1510. The van der Waals surface area contributed by atoms with E-state index in [0.717, 1.165) is 6.29 Å². The van der Waals surface area contributed by atoms with Crippen molar-refractivity contribution >= 4 is 41.3 Å². The zero-order valence-corrected chi connectivity index (χ0v) is 35.7. The second-order valence-electron chi connectivity index (χ2n) is 17.3. The number of halogens is 1. The fourth-order valence-corrected chi connectivity index (χ4v) is 9.68. The lowest BCUT2D eigenvalue weighted by Gasteiger charge is -2.47. The summed E-state index contributed by atoms with van der Waals surface area (Å²) in [5.41, 5.74) is 1.15. The first-order valence-electron chi connectivity index (χ1n) is 20.8. The SMILES string of the molecule is C=CCC1=CC(C)C[C@H](C)C[C@H](OC)[C@H]2O[C@@](O)(C(=O)C(=O)N3CCCC[C@H]3C(=O)O[C@H](C(C)=C[C@@H]3CC[C@@H](Cl)[C@H](C=O)C3)[C@H](C)[C@@H](O)CC1=O)[C@H](C)C[C@@H]2OC. The number of aliphatic hydroxyl groups excluding tert-OH is 1. The summed E-state index contributed by atoms with van der Waals surface area (Å²) in [5, 5.41) is 23.4. The van der Waals surface area contributed by atoms with Crippen LogP contribution in [-0.4, -0.2) is 113 Å². The molecule has 2 bridgehead atoms. The molecule has 4 aliphatic rings. The number of ketones is 2. The number of cyclic esters (lactones) is 1. The molecule has 3 aliphatic heterocycles. The van der Waals surface area contributed by atoms with Gasteiger partial charge in [0.2, 0.25) is 5.79 Å². The lowest BCUT2D eigenvalue weighted by molar-refractivity contribution is -0.302. The van der Waals surface area contributed by atoms with Gasteiger partial charge in [0.05, 0.1) is 18.3 Å². The lowest BCUT2D eigenvalue weighted by atomic mass is 9.79. The number of piperidine rings is 1. The summed E-state index contributed by atoms with van der Waals surface area (Å²) >= 11 is 6.42. The average Bonchev–Trinajstić information content (AvgIpc) is 3.18. The van der Waals surface area contributed by atoms with Gasteiger partial charge in [0.15, 0.2) is 5.78 Å². The normalized spacial score (nSPS) is 40.0. The van der Waals surface area contributed by atoms with E-state index < -0.39 is 71.8 Å². The number of hydrogen-bond acceptors (Lipinski definition) is 11. The lowest BCUT2D eigenvalue weighted by Crippen LogP contribution is -2.64. The van der Waals surface area contributed by atoms with Gasteiger partial charge in [0, 0.05) is 50.3 Å². The molecule has 14 atom stereocenters. The van der Waals surface area contributed by atoms with Gasteiger partial charge in [-0.25, -0.2) is 4.79 Å². The Morgan fingerprint density at radius 2 is 1.70 bits per heavy atom. The van der Waals surface area contributed by atoms with Crippen molar-refractivity contribution in [3.05, 3.63) is 36.0 Å². The monoisotopic (exact) mass is 819 g/mol. The predicted molar refractivity (Wildman–Crippen MR) is 215 cm³/mol. The molecule has 3 fully saturated rings. The molecule has 4 rings (SSSR count). The third kappa shape index (κ3) is 11.3. The van der Waals surface area contributed by atoms with E-state index in [9.17, 15) is 34.2 Å². The van der Waals surface area contributed by atoms with E-state index in [2.05, 4.69) is 6.58 Å². The number of aliphatic hydroxyl groups is 2. The summed E-state index contributed by atoms with van der Waals surface area (Å²) in [4.78, 5) is 69.5. The summed E-state index contributed by atoms with van der Waals surface area (Å²) in [7, 11) is 3.05. The minimum atomic E-state index is -2.51. The highest BCUT2D eigenvalue weighted by Crippen LogP contribution is 2.39. The predicted octanol–water partition coefficient (Wildman–Crippen LogP) is 5.69. The molecule has 12 nitrogen and oxygen atoms in total. The first kappa shape index (κ1) is 46.9. The zero-order valence-electron chi connectivity index (χ0n) is 34.9. The molecular weight excluding hydrogens is 754 g/mol. The molecule has 1 aliphatic carbocycles. The highest BCUT2D eigenvalue weighted by molar-refractivity contribution is 6.39. The van der Waals surface area contributed by atoms with Crippen molar-refractivity contribution in [3.63, 3.8) is 0 Å². The Hall–Kier alpha value is -2.74. The van der Waals surface area contributed by atoms with Crippen LogP contribution in [-0.2, 0) is 42.9 Å². The Morgan fingerprint density at radius 3 is 2.35 bits per heavy atom. The molecule has 2 N–H and O–H groups in total. The van der Waals surface area contributed by atoms with Gasteiger partial charge in [-0.1, -0.05) is 45.9 Å². The van der Waals surface area contributed by atoms with Gasteiger partial charge in [-0.3, -0.25) is 14.4 Å². The van der Waals surface area contributed by atoms with E-state index >= 15 is 0 Å². The van der Waals surface area contributed by atoms with E-state index in [1.165, 1.54) is 19.1 Å². The Balaban J connectivity index is 1.78. The number of fused-ring (bicyclic) bond motifs is 3. The number of Topliss-reactive ketones (excluding diaryl/α,β-unsaturated/α-hetero) is 2. The van der Waals surface area contributed by atoms with Crippen LogP contribution in [0.5, 0.6) is 0 Å². The highest BCUT2D eigenvalue weighted by Gasteiger charge is 2.56. The molecule has 3 heterocycles. The number of amides is 1. The second-order valence-corrected chi connectivity index (χ2v) is 17.8. The molecule has 0 aromatic heterocycles. The Labute approximate surface area is 343 Å². The smallest absolute Gasteiger partial charge is 0.329 e. The second kappa shape index (κ2) is 21.0. The maximum atomic E-state index is 14.3. The Morgan fingerprint density at radius 1 is 1.02 bits per heavy atom. The molecule has 0 aromatic carbocycles. The number of allylic oxidation sites excluding steroid dienone is 4. The molecular formula is C44H66ClNO11. The number of rotatable bonds is 7. The van der Waals surface area contributed by atoms with Gasteiger partial charge < -0.3 is 38.9 Å². The number of esters is 1. The Kier molecular flexibility index (Phi) is 17.3. The molecule has 320 valence electrons. The maximum absolute atomic E-state index is 14.3. The summed E-state index contributed by atoms with van der Waals surface area (Å²) in [6.07, 6.45) is 6.69. The van der Waals surface area contributed by atoms with Gasteiger partial charge in [0.25, 0.3) is 11.7 Å². The number of carbonyl (C=O) groups excluding carboxylic acids is 5.